The molecule has 2 heterocycles. The maximum Gasteiger partial charge on any atom is 0.256 e. The fourth-order valence-corrected chi connectivity index (χ4v) is 4.54. The van der Waals surface area contributed by atoms with E-state index in [2.05, 4.69) is 37.3 Å². The highest BCUT2D eigenvalue weighted by Crippen LogP contribution is 2.25. The third-order valence-electron chi connectivity index (χ3n) is 6.78. The molecule has 0 saturated carbocycles. The Hall–Kier alpha value is -4.40. The number of rotatable bonds is 13. The quantitative estimate of drug-likeness (QED) is 0.265. The summed E-state index contributed by atoms with van der Waals surface area (Å²) >= 11 is 0. The molecule has 11 nitrogen and oxygen atoms in total. The lowest BCUT2D eigenvalue weighted by Gasteiger charge is -2.32. The number of nitrogens with one attached hydrogen (secondary N) is 1. The summed E-state index contributed by atoms with van der Waals surface area (Å²) in [6.07, 6.45) is 16.6. The monoisotopic (exact) mass is 588 g/mol. The molecule has 1 aromatic rings. The molecule has 1 saturated heterocycles. The first-order valence-electron chi connectivity index (χ1n) is 14.8. The van der Waals surface area contributed by atoms with Crippen molar-refractivity contribution >= 4 is 17.6 Å². The zero-order valence-corrected chi connectivity index (χ0v) is 24.8. The van der Waals surface area contributed by atoms with E-state index >= 15 is 0 Å². The summed E-state index contributed by atoms with van der Waals surface area (Å²) in [5.74, 6) is 5.90. The Morgan fingerprint density at radius 1 is 0.953 bits per heavy atom. The lowest BCUT2D eigenvalue weighted by Crippen LogP contribution is -2.45. The van der Waals surface area contributed by atoms with Gasteiger partial charge in [0.1, 0.15) is 31.0 Å². The van der Waals surface area contributed by atoms with Crippen LogP contribution in [0, 0.1) is 0 Å². The van der Waals surface area contributed by atoms with E-state index in [0.29, 0.717) is 31.2 Å². The Morgan fingerprint density at radius 3 is 2.09 bits per heavy atom. The molecular formula is C32H40N6O5. The van der Waals surface area contributed by atoms with Crippen LogP contribution in [0.25, 0.3) is 0 Å². The Balaban J connectivity index is 1.47. The SMILES string of the molecule is CCON=C=C1C=CC(Oc2ccc(C(=O)NC3CCN(CCCN)CC3)c(OC3C=CC(=C=NOCC)C=C3)n2)C=C1. The fraction of sp³-hybridized carbons (Fsp3) is 0.438. The van der Waals surface area contributed by atoms with E-state index in [1.54, 1.807) is 12.1 Å². The van der Waals surface area contributed by atoms with Crippen LogP contribution < -0.4 is 20.5 Å². The van der Waals surface area contributed by atoms with E-state index in [1.807, 2.05) is 62.5 Å². The van der Waals surface area contributed by atoms with Gasteiger partial charge in [0, 0.05) is 48.1 Å². The molecule has 3 aliphatic rings. The van der Waals surface area contributed by atoms with Gasteiger partial charge in [0.15, 0.2) is 0 Å². The third kappa shape index (κ3) is 10.1. The molecule has 0 aromatic carbocycles. The summed E-state index contributed by atoms with van der Waals surface area (Å²) in [6, 6.07) is 3.44. The first-order valence-corrected chi connectivity index (χ1v) is 14.8. The third-order valence-corrected chi connectivity index (χ3v) is 6.78. The predicted molar refractivity (Wildman–Crippen MR) is 165 cm³/mol. The molecule has 43 heavy (non-hydrogen) atoms. The highest BCUT2D eigenvalue weighted by molar-refractivity contribution is 5.96. The van der Waals surface area contributed by atoms with Crippen molar-refractivity contribution in [3.63, 3.8) is 0 Å². The Labute approximate surface area is 252 Å². The minimum atomic E-state index is -0.454. The number of piperidine rings is 1. The number of carbonyl (C=O) groups is 1. The van der Waals surface area contributed by atoms with Gasteiger partial charge in [-0.15, -0.1) is 0 Å². The molecule has 2 aliphatic carbocycles. The van der Waals surface area contributed by atoms with Crippen LogP contribution in [-0.2, 0) is 9.68 Å². The molecule has 0 unspecified atom stereocenters. The normalized spacial score (nSPS) is 19.8. The van der Waals surface area contributed by atoms with Gasteiger partial charge in [-0.3, -0.25) is 4.79 Å². The molecule has 4 rings (SSSR count). The Kier molecular flexibility index (Phi) is 12.4. The van der Waals surface area contributed by atoms with Crippen LogP contribution in [0.4, 0.5) is 0 Å². The molecule has 1 aliphatic heterocycles. The number of ether oxygens (including phenoxy) is 2. The van der Waals surface area contributed by atoms with Gasteiger partial charge in [0.25, 0.3) is 5.91 Å². The molecule has 0 bridgehead atoms. The lowest BCUT2D eigenvalue weighted by atomic mass is 10.0. The van der Waals surface area contributed by atoms with E-state index in [1.165, 1.54) is 0 Å². The summed E-state index contributed by atoms with van der Waals surface area (Å²) in [6.45, 7) is 8.18. The zero-order chi connectivity index (χ0) is 30.3. The molecule has 3 N–H and O–H groups in total. The van der Waals surface area contributed by atoms with Gasteiger partial charge >= 0.3 is 0 Å². The molecule has 0 atom stereocenters. The van der Waals surface area contributed by atoms with Crippen LogP contribution >= 0.6 is 0 Å². The summed E-state index contributed by atoms with van der Waals surface area (Å²) in [7, 11) is 0. The van der Waals surface area contributed by atoms with Crippen molar-refractivity contribution in [2.45, 2.75) is 51.4 Å². The molecule has 0 radical (unpaired) electrons. The minimum Gasteiger partial charge on any atom is -0.466 e. The van der Waals surface area contributed by atoms with Gasteiger partial charge in [0.2, 0.25) is 11.8 Å². The number of hydrogen-bond donors (Lipinski definition) is 2. The number of hydrogen-bond acceptors (Lipinski definition) is 10. The van der Waals surface area contributed by atoms with Gasteiger partial charge in [-0.05, 0) is 111 Å². The summed E-state index contributed by atoms with van der Waals surface area (Å²) in [5, 5.41) is 10.7. The number of carbonyl (C=O) groups excluding carboxylic acids is 1. The first kappa shape index (κ1) is 31.5. The van der Waals surface area contributed by atoms with Crippen molar-refractivity contribution in [1.82, 2.24) is 15.2 Å². The number of nitrogens with zero attached hydrogens (tertiary/aromatic N) is 4. The Bertz CT molecular complexity index is 1310. The van der Waals surface area contributed by atoms with Gasteiger partial charge in [-0.25, -0.2) is 0 Å². The van der Waals surface area contributed by atoms with Crippen molar-refractivity contribution in [2.75, 3.05) is 39.4 Å². The van der Waals surface area contributed by atoms with E-state index in [9.17, 15) is 4.79 Å². The highest BCUT2D eigenvalue weighted by Gasteiger charge is 2.24. The molecule has 228 valence electrons. The number of nitrogens with two attached hydrogens (primary N) is 1. The first-order chi connectivity index (χ1) is 21.1. The van der Waals surface area contributed by atoms with E-state index < -0.39 is 6.10 Å². The topological polar surface area (TPSA) is 133 Å². The van der Waals surface area contributed by atoms with Gasteiger partial charge in [-0.2, -0.15) is 4.98 Å². The zero-order valence-electron chi connectivity index (χ0n) is 24.8. The van der Waals surface area contributed by atoms with Crippen LogP contribution in [0.5, 0.6) is 11.8 Å². The van der Waals surface area contributed by atoms with E-state index in [0.717, 1.165) is 50.0 Å². The number of amides is 1. The predicted octanol–water partition coefficient (Wildman–Crippen LogP) is 3.47. The number of allylic oxidation sites excluding steroid dienone is 6. The van der Waals surface area contributed by atoms with Crippen LogP contribution in [0.15, 0.2) is 82.2 Å². The van der Waals surface area contributed by atoms with Gasteiger partial charge in [0.05, 0.1) is 0 Å². The van der Waals surface area contributed by atoms with E-state index in [4.69, 9.17) is 24.9 Å². The molecule has 0 spiro atoms. The van der Waals surface area contributed by atoms with Crippen molar-refractivity contribution in [3.8, 4) is 11.8 Å². The molecule has 1 aromatic heterocycles. The molecular weight excluding hydrogens is 548 g/mol. The number of aromatic nitrogens is 1. The summed E-state index contributed by atoms with van der Waals surface area (Å²) in [4.78, 5) is 30.4. The second-order valence-electron chi connectivity index (χ2n) is 9.99. The second kappa shape index (κ2) is 16.9. The van der Waals surface area contributed by atoms with Gasteiger partial charge < -0.3 is 35.1 Å². The fourth-order valence-electron chi connectivity index (χ4n) is 4.54. The average Bonchev–Trinajstić information content (AvgIpc) is 3.03. The van der Waals surface area contributed by atoms with Gasteiger partial charge in [-0.1, -0.05) is 0 Å². The van der Waals surface area contributed by atoms with Crippen molar-refractivity contribution in [2.24, 2.45) is 16.0 Å². The van der Waals surface area contributed by atoms with Crippen LogP contribution in [0.1, 0.15) is 43.5 Å². The molecule has 1 fully saturated rings. The van der Waals surface area contributed by atoms with E-state index in [-0.39, 0.29) is 23.9 Å². The molecule has 1 amide bonds. The second-order valence-corrected chi connectivity index (χ2v) is 9.99. The standard InChI is InChI=1S/C32H40N6O5/c1-3-40-34-22-24-6-10-27(11-7-24)42-30-15-14-29(31(39)36-26-16-20-38(21-17-26)19-5-18-33)32(37-30)43-28-12-8-25(9-13-28)23-35-41-4-2/h6-15,26-28H,3-5,16-21,33H2,1-2H3,(H,36,39). The Morgan fingerprint density at radius 2 is 1.53 bits per heavy atom. The maximum atomic E-state index is 13.4. The van der Waals surface area contributed by atoms with Crippen LogP contribution in [-0.4, -0.2) is 85.2 Å². The average molecular weight is 589 g/mol. The largest absolute Gasteiger partial charge is 0.466 e. The van der Waals surface area contributed by atoms with Crippen LogP contribution in [0.2, 0.25) is 0 Å². The number of likely N-dealkylation sites (tertiary alicyclic amines) is 1. The van der Waals surface area contributed by atoms with Crippen molar-refractivity contribution in [1.29, 1.82) is 0 Å². The molecule has 11 heteroatoms. The van der Waals surface area contributed by atoms with Crippen molar-refractivity contribution < 1.29 is 23.9 Å². The number of pyridine rings is 1. The highest BCUT2D eigenvalue weighted by atomic mass is 16.6. The van der Waals surface area contributed by atoms with Crippen LogP contribution in [0.3, 0.4) is 0 Å². The summed E-state index contributed by atoms with van der Waals surface area (Å²) in [5.41, 5.74) is 7.50. The lowest BCUT2D eigenvalue weighted by molar-refractivity contribution is 0.0905. The van der Waals surface area contributed by atoms with Crippen molar-refractivity contribution in [3.05, 3.63) is 77.5 Å². The maximum absolute atomic E-state index is 13.4. The summed E-state index contributed by atoms with van der Waals surface area (Å²) < 4.78 is 12.3. The smallest absolute Gasteiger partial charge is 0.256 e. The minimum absolute atomic E-state index is 0.0724.